The van der Waals surface area contributed by atoms with Gasteiger partial charge < -0.3 is 15.2 Å². The summed E-state index contributed by atoms with van der Waals surface area (Å²) in [5.41, 5.74) is 1.74. The van der Waals surface area contributed by atoms with Gasteiger partial charge in [0.2, 0.25) is 11.8 Å². The average molecular weight is 454 g/mol. The van der Waals surface area contributed by atoms with E-state index >= 15 is 0 Å². The Morgan fingerprint density at radius 2 is 2.06 bits per heavy atom. The number of aromatic nitrogens is 2. The molecule has 7 nitrogen and oxygen atoms in total. The maximum Gasteiger partial charge on any atom is 0.228 e. The third kappa shape index (κ3) is 5.74. The molecule has 0 bridgehead atoms. The summed E-state index contributed by atoms with van der Waals surface area (Å²) in [6, 6.07) is 3.86. The van der Waals surface area contributed by atoms with Crippen LogP contribution < -0.4 is 10.6 Å². The Kier molecular flexibility index (Phi) is 7.79. The maximum absolute atomic E-state index is 14.7. The zero-order chi connectivity index (χ0) is 24.1. The molecule has 0 aliphatic heterocycles. The van der Waals surface area contributed by atoms with Gasteiger partial charge in [-0.05, 0) is 70.5 Å². The van der Waals surface area contributed by atoms with E-state index in [0.29, 0.717) is 17.6 Å². The topological polar surface area (TPSA) is 88.4 Å². The van der Waals surface area contributed by atoms with Crippen molar-refractivity contribution in [1.82, 2.24) is 20.2 Å². The predicted molar refractivity (Wildman–Crippen MR) is 129 cm³/mol. The molecular formula is C25H32FN5O2. The number of hydrogen-bond acceptors (Lipinski definition) is 4. The Hall–Kier alpha value is -3.29. The molecular weight excluding hydrogens is 421 g/mol. The summed E-state index contributed by atoms with van der Waals surface area (Å²) in [7, 11) is 0. The van der Waals surface area contributed by atoms with Crippen molar-refractivity contribution in [3.63, 3.8) is 0 Å². The molecule has 2 aromatic heterocycles. The summed E-state index contributed by atoms with van der Waals surface area (Å²) in [6.07, 6.45) is 8.09. The second-order valence-electron chi connectivity index (χ2n) is 8.80. The average Bonchev–Trinajstić information content (AvgIpc) is 3.20. The van der Waals surface area contributed by atoms with Crippen LogP contribution in [-0.4, -0.2) is 34.1 Å². The van der Waals surface area contributed by atoms with Crippen LogP contribution in [0.2, 0.25) is 0 Å². The Bertz CT molecular complexity index is 1110. The number of allylic oxidation sites excluding steroid dienone is 3. The molecule has 176 valence electrons. The van der Waals surface area contributed by atoms with Crippen LogP contribution in [-0.2, 0) is 9.59 Å². The van der Waals surface area contributed by atoms with Crippen molar-refractivity contribution in [2.75, 3.05) is 0 Å². The van der Waals surface area contributed by atoms with Crippen molar-refractivity contribution < 1.29 is 14.0 Å². The minimum atomic E-state index is -0.404. The van der Waals surface area contributed by atoms with Gasteiger partial charge in [0, 0.05) is 48.3 Å². The highest BCUT2D eigenvalue weighted by Gasteiger charge is 2.28. The Morgan fingerprint density at radius 1 is 1.30 bits per heavy atom. The first-order chi connectivity index (χ1) is 15.7. The van der Waals surface area contributed by atoms with Gasteiger partial charge in [-0.15, -0.1) is 0 Å². The SMILES string of the molecule is C=N/C(=C\C(=C(/C)F)c1ccnc2c1ccn2C(C)C)NC(=O)[C@H]1CCC[C@@H](NC(C)=O)C1. The van der Waals surface area contributed by atoms with E-state index in [0.717, 1.165) is 30.3 Å². The molecule has 0 saturated heterocycles. The standard InChI is InChI=1S/C25H32FN5O2/c1-15(2)31-12-10-21-20(9-11-28-24(21)31)22(16(3)26)14-23(27-5)30-25(33)18-7-6-8-19(13-18)29-17(4)32/h9-12,14-15,18-19H,5-8,13H2,1-4H3,(H,29,32)(H,30,33)/b22-16-,23-14+/t18-,19+/m0/s1. The summed E-state index contributed by atoms with van der Waals surface area (Å²) in [4.78, 5) is 32.7. The largest absolute Gasteiger partial charge is 0.354 e. The summed E-state index contributed by atoms with van der Waals surface area (Å²) in [5.74, 6) is -0.782. The van der Waals surface area contributed by atoms with Crippen molar-refractivity contribution >= 4 is 35.1 Å². The van der Waals surface area contributed by atoms with Crippen LogP contribution >= 0.6 is 0 Å². The predicted octanol–water partition coefficient (Wildman–Crippen LogP) is 4.67. The molecule has 0 aromatic carbocycles. The number of halogens is 1. The molecule has 1 aliphatic rings. The second-order valence-corrected chi connectivity index (χ2v) is 8.80. The molecule has 33 heavy (non-hydrogen) atoms. The van der Waals surface area contributed by atoms with Gasteiger partial charge in [0.15, 0.2) is 0 Å². The van der Waals surface area contributed by atoms with Crippen LogP contribution in [0, 0.1) is 5.92 Å². The fourth-order valence-electron chi connectivity index (χ4n) is 4.40. The third-order valence-electron chi connectivity index (χ3n) is 5.99. The molecule has 2 heterocycles. The van der Waals surface area contributed by atoms with Crippen molar-refractivity contribution in [2.24, 2.45) is 10.9 Å². The first-order valence-corrected chi connectivity index (χ1v) is 11.3. The fourth-order valence-corrected chi connectivity index (χ4v) is 4.40. The first-order valence-electron chi connectivity index (χ1n) is 11.3. The Morgan fingerprint density at radius 3 is 2.70 bits per heavy atom. The molecule has 1 saturated carbocycles. The molecule has 0 spiro atoms. The van der Waals surface area contributed by atoms with Gasteiger partial charge in [-0.3, -0.25) is 9.59 Å². The van der Waals surface area contributed by atoms with Gasteiger partial charge in [0.05, 0.1) is 0 Å². The number of rotatable bonds is 7. The van der Waals surface area contributed by atoms with E-state index in [1.54, 1.807) is 12.3 Å². The van der Waals surface area contributed by atoms with E-state index in [2.05, 4.69) is 41.2 Å². The lowest BCUT2D eigenvalue weighted by Gasteiger charge is -2.28. The molecule has 2 amide bonds. The van der Waals surface area contributed by atoms with E-state index in [9.17, 15) is 14.0 Å². The molecule has 8 heteroatoms. The highest BCUT2D eigenvalue weighted by atomic mass is 19.1. The molecule has 0 unspecified atom stereocenters. The number of hydrogen-bond donors (Lipinski definition) is 2. The van der Waals surface area contributed by atoms with Crippen LogP contribution in [0.3, 0.4) is 0 Å². The highest BCUT2D eigenvalue weighted by Crippen LogP contribution is 2.31. The van der Waals surface area contributed by atoms with Gasteiger partial charge in [0.25, 0.3) is 0 Å². The highest BCUT2D eigenvalue weighted by molar-refractivity contribution is 5.94. The van der Waals surface area contributed by atoms with E-state index in [-0.39, 0.29) is 35.6 Å². The Labute approximate surface area is 193 Å². The van der Waals surface area contributed by atoms with Crippen LogP contribution in [0.5, 0.6) is 0 Å². The number of carbonyl (C=O) groups excluding carboxylic acids is 2. The molecule has 1 fully saturated rings. The Balaban J connectivity index is 1.86. The van der Waals surface area contributed by atoms with E-state index in [1.807, 2.05) is 16.8 Å². The smallest absolute Gasteiger partial charge is 0.228 e. The molecule has 2 N–H and O–H groups in total. The lowest BCUT2D eigenvalue weighted by Crippen LogP contribution is -2.41. The van der Waals surface area contributed by atoms with Gasteiger partial charge in [-0.25, -0.2) is 14.4 Å². The van der Waals surface area contributed by atoms with Crippen molar-refractivity contribution in [1.29, 1.82) is 0 Å². The summed E-state index contributed by atoms with van der Waals surface area (Å²) < 4.78 is 16.7. The molecule has 2 atom stereocenters. The van der Waals surface area contributed by atoms with E-state index < -0.39 is 5.83 Å². The van der Waals surface area contributed by atoms with Gasteiger partial charge in [-0.1, -0.05) is 6.42 Å². The van der Waals surface area contributed by atoms with Crippen LogP contribution in [0.25, 0.3) is 16.6 Å². The minimum absolute atomic E-state index is 0.0187. The number of aliphatic imine (C=N–C) groups is 1. The van der Waals surface area contributed by atoms with Crippen LogP contribution in [0.15, 0.2) is 47.2 Å². The fraction of sp³-hybridized carbons (Fsp3) is 0.440. The first kappa shape index (κ1) is 24.4. The lowest BCUT2D eigenvalue weighted by molar-refractivity contribution is -0.126. The zero-order valence-corrected chi connectivity index (χ0v) is 19.7. The van der Waals surface area contributed by atoms with Gasteiger partial charge in [-0.2, -0.15) is 0 Å². The molecule has 2 aromatic rings. The van der Waals surface area contributed by atoms with Crippen LogP contribution in [0.1, 0.15) is 65.0 Å². The molecule has 0 radical (unpaired) electrons. The number of pyridine rings is 1. The number of carbonyl (C=O) groups is 2. The number of nitrogens with zero attached hydrogens (tertiary/aromatic N) is 3. The van der Waals surface area contributed by atoms with Gasteiger partial charge >= 0.3 is 0 Å². The minimum Gasteiger partial charge on any atom is -0.354 e. The normalized spacial score (nSPS) is 19.9. The molecule has 1 aliphatic carbocycles. The van der Waals surface area contributed by atoms with Crippen molar-refractivity contribution in [3.8, 4) is 0 Å². The lowest BCUT2D eigenvalue weighted by atomic mass is 9.85. The number of fused-ring (bicyclic) bond motifs is 1. The van der Waals surface area contributed by atoms with E-state index in [1.165, 1.54) is 19.9 Å². The summed E-state index contributed by atoms with van der Waals surface area (Å²) in [6.45, 7) is 10.5. The van der Waals surface area contributed by atoms with Crippen molar-refractivity contribution in [3.05, 3.63) is 47.8 Å². The van der Waals surface area contributed by atoms with Crippen molar-refractivity contribution in [2.45, 2.75) is 65.5 Å². The quantitative estimate of drug-likeness (QED) is 0.472. The number of nitrogens with one attached hydrogen (secondary N) is 2. The number of amides is 2. The van der Waals surface area contributed by atoms with Crippen LogP contribution in [0.4, 0.5) is 4.39 Å². The molecule has 3 rings (SSSR count). The van der Waals surface area contributed by atoms with E-state index in [4.69, 9.17) is 0 Å². The summed E-state index contributed by atoms with van der Waals surface area (Å²) >= 11 is 0. The monoisotopic (exact) mass is 453 g/mol. The summed E-state index contributed by atoms with van der Waals surface area (Å²) in [5, 5.41) is 6.51. The maximum atomic E-state index is 14.7. The second kappa shape index (κ2) is 10.6. The van der Waals surface area contributed by atoms with Gasteiger partial charge in [0.1, 0.15) is 17.3 Å². The third-order valence-corrected chi connectivity index (χ3v) is 5.99. The zero-order valence-electron chi connectivity index (χ0n) is 19.7.